The van der Waals surface area contributed by atoms with Gasteiger partial charge in [-0.3, -0.25) is 9.59 Å². The Bertz CT molecular complexity index is 2780. The highest BCUT2D eigenvalue weighted by molar-refractivity contribution is 7.89. The fourth-order valence-corrected chi connectivity index (χ4v) is 13.0. The Hall–Kier alpha value is -5.34. The molecule has 0 N–H and O–H groups in total. The molecule has 0 bridgehead atoms. The normalized spacial score (nSPS) is 25.1. The highest BCUT2D eigenvalue weighted by Gasteiger charge is 2.53. The van der Waals surface area contributed by atoms with Crippen molar-refractivity contribution >= 4 is 33.7 Å². The lowest BCUT2D eigenvalue weighted by atomic mass is 9.59. The summed E-state index contributed by atoms with van der Waals surface area (Å²) in [6.45, 7) is 3.38. The Morgan fingerprint density at radius 3 is 1.71 bits per heavy atom. The molecule has 0 unspecified atom stereocenters. The third-order valence-corrected chi connectivity index (χ3v) is 16.6. The molecule has 63 heavy (non-hydrogen) atoms. The molecule has 14 heteroatoms. The SMILES string of the molecule is CC(=O)[C@]12Cc3cnn(-c4ccc(F)cc4)c3C=C1CC[C@H](CC1CC1)C2.CC(=O)[C@]12Cc3cnn(-c4ccc(F)cc4)c3C=C1CC[C@H](N(C1CC1)S(=O)(=O)c1cn(C)cn1)C2. The highest BCUT2D eigenvalue weighted by Crippen LogP contribution is 2.54. The van der Waals surface area contributed by atoms with Crippen molar-refractivity contribution in [1.82, 2.24) is 33.4 Å². The molecule has 328 valence electrons. The van der Waals surface area contributed by atoms with E-state index in [0.717, 1.165) is 77.5 Å². The Morgan fingerprint density at radius 2 is 1.24 bits per heavy atom. The number of nitrogens with zero attached hydrogens (tertiary/aromatic N) is 7. The van der Waals surface area contributed by atoms with Crippen molar-refractivity contribution in [2.45, 2.75) is 114 Å². The molecular formula is C49H53F2N7O4S. The number of hydrogen-bond donors (Lipinski definition) is 0. The van der Waals surface area contributed by atoms with Crippen LogP contribution in [0.1, 0.15) is 107 Å². The van der Waals surface area contributed by atoms with Crippen LogP contribution >= 0.6 is 0 Å². The van der Waals surface area contributed by atoms with Crippen LogP contribution in [0.3, 0.4) is 0 Å². The summed E-state index contributed by atoms with van der Waals surface area (Å²) in [6.07, 6.45) is 22.8. The summed E-state index contributed by atoms with van der Waals surface area (Å²) in [7, 11) is -2.03. The van der Waals surface area contributed by atoms with Gasteiger partial charge in [-0.25, -0.2) is 31.5 Å². The summed E-state index contributed by atoms with van der Waals surface area (Å²) in [6, 6.07) is 12.3. The number of halogens is 2. The Morgan fingerprint density at radius 1 is 0.714 bits per heavy atom. The van der Waals surface area contributed by atoms with E-state index in [1.54, 1.807) is 64.9 Å². The standard InChI is InChI=1S/C26H28FN5O3S.C23H25FN2O/c1-17(33)26-12-18-14-29-31(21-7-4-20(27)5-8-21)24(18)11-19(26)3-6-23(13-26)32(22-9-10-22)36(34,35)25-15-30(2)16-28-25;1-15(27)23-12-17(10-16-2-3-16)4-5-19(23)11-22-18(13-23)14-25-26(22)21-8-6-20(24)7-9-21/h4-5,7-8,11,14-16,22-23H,3,6,9-10,12-13H2,1-2H3;6-9,11,14,16-17H,2-5,10,12-13H2,1H3/t23-,26+;17-,23+/m01/s1. The molecule has 4 saturated carbocycles. The van der Waals surface area contributed by atoms with Gasteiger partial charge in [-0.05, 0) is 168 Å². The van der Waals surface area contributed by atoms with E-state index >= 15 is 0 Å². The molecule has 11 rings (SSSR count). The lowest BCUT2D eigenvalue weighted by Crippen LogP contribution is -2.50. The predicted molar refractivity (Wildman–Crippen MR) is 234 cm³/mol. The molecule has 6 aliphatic rings. The van der Waals surface area contributed by atoms with Crippen LogP contribution in [-0.2, 0) is 39.5 Å². The third kappa shape index (κ3) is 7.56. The smallest absolute Gasteiger partial charge is 0.262 e. The number of fused-ring (bicyclic) bond motifs is 4. The predicted octanol–water partition coefficient (Wildman–Crippen LogP) is 8.79. The molecule has 4 fully saturated rings. The van der Waals surface area contributed by atoms with Crippen molar-refractivity contribution in [3.63, 3.8) is 0 Å². The first-order valence-electron chi connectivity index (χ1n) is 22.4. The molecule has 0 aliphatic heterocycles. The van der Waals surface area contributed by atoms with Crippen LogP contribution in [0.15, 0.2) is 89.6 Å². The fraction of sp³-hybridized carbons (Fsp3) is 0.449. The zero-order chi connectivity index (χ0) is 43.8. The van der Waals surface area contributed by atoms with Crippen LogP contribution in [0.5, 0.6) is 0 Å². The summed E-state index contributed by atoms with van der Waals surface area (Å²) in [4.78, 5) is 30.2. The summed E-state index contributed by atoms with van der Waals surface area (Å²) in [5, 5.41) is 9.16. The van der Waals surface area contributed by atoms with Crippen LogP contribution in [0, 0.1) is 34.3 Å². The number of allylic oxidation sites excluding steroid dienone is 2. The number of carbonyl (C=O) groups excluding carboxylic acids is 2. The summed E-state index contributed by atoms with van der Waals surface area (Å²) in [5.74, 6) is 1.37. The van der Waals surface area contributed by atoms with E-state index in [1.165, 1.54) is 68.0 Å². The van der Waals surface area contributed by atoms with Crippen LogP contribution in [0.2, 0.25) is 0 Å². The minimum Gasteiger partial charge on any atom is -0.339 e. The number of Topliss-reactive ketones (excluding diaryl/α,β-unsaturated/α-hetero) is 2. The molecule has 2 aromatic carbocycles. The first-order valence-corrected chi connectivity index (χ1v) is 23.8. The number of aromatic nitrogens is 6. The van der Waals surface area contributed by atoms with Gasteiger partial charge in [0.2, 0.25) is 0 Å². The summed E-state index contributed by atoms with van der Waals surface area (Å²) < 4.78 is 61.0. The number of ketones is 2. The minimum absolute atomic E-state index is 0.0445. The number of sulfonamides is 1. The highest BCUT2D eigenvalue weighted by atomic mass is 32.2. The molecular weight excluding hydrogens is 821 g/mol. The minimum atomic E-state index is -3.78. The van der Waals surface area contributed by atoms with E-state index in [2.05, 4.69) is 21.3 Å². The Balaban J connectivity index is 0.000000156. The second-order valence-electron chi connectivity index (χ2n) is 19.0. The number of rotatable bonds is 10. The van der Waals surface area contributed by atoms with Gasteiger partial charge in [0, 0.05) is 25.3 Å². The maximum absolute atomic E-state index is 13.7. The Kier molecular flexibility index (Phi) is 10.4. The van der Waals surface area contributed by atoms with Gasteiger partial charge in [-0.1, -0.05) is 24.0 Å². The molecule has 0 radical (unpaired) electrons. The van der Waals surface area contributed by atoms with Crippen molar-refractivity contribution in [1.29, 1.82) is 0 Å². The second kappa shape index (κ2) is 15.7. The van der Waals surface area contributed by atoms with E-state index in [4.69, 9.17) is 0 Å². The largest absolute Gasteiger partial charge is 0.339 e. The van der Waals surface area contributed by atoms with Crippen molar-refractivity contribution in [3.05, 3.63) is 119 Å². The van der Waals surface area contributed by atoms with Gasteiger partial charge in [0.15, 0.2) is 5.03 Å². The molecule has 11 nitrogen and oxygen atoms in total. The number of imidazole rings is 1. The zero-order valence-electron chi connectivity index (χ0n) is 36.0. The second-order valence-corrected chi connectivity index (χ2v) is 20.8. The van der Waals surface area contributed by atoms with Crippen molar-refractivity contribution in [3.8, 4) is 11.4 Å². The topological polar surface area (TPSA) is 125 Å². The van der Waals surface area contributed by atoms with Crippen molar-refractivity contribution < 1.29 is 26.8 Å². The molecule has 3 heterocycles. The summed E-state index contributed by atoms with van der Waals surface area (Å²) in [5.41, 5.74) is 6.82. The van der Waals surface area contributed by atoms with Gasteiger partial charge in [0.05, 0.1) is 52.3 Å². The average molecular weight is 874 g/mol. The van der Waals surface area contributed by atoms with Gasteiger partial charge in [0.1, 0.15) is 23.2 Å². The monoisotopic (exact) mass is 873 g/mol. The Labute approximate surface area is 366 Å². The first kappa shape index (κ1) is 41.7. The lowest BCUT2D eigenvalue weighted by molar-refractivity contribution is -0.127. The zero-order valence-corrected chi connectivity index (χ0v) is 36.8. The third-order valence-electron chi connectivity index (χ3n) is 14.7. The van der Waals surface area contributed by atoms with Crippen LogP contribution in [-0.4, -0.2) is 65.5 Å². The molecule has 4 atom stereocenters. The maximum Gasteiger partial charge on any atom is 0.262 e. The molecule has 6 aliphatic carbocycles. The number of carbonyl (C=O) groups is 2. The lowest BCUT2D eigenvalue weighted by Gasteiger charge is -2.46. The van der Waals surface area contributed by atoms with E-state index in [9.17, 15) is 26.8 Å². The van der Waals surface area contributed by atoms with Gasteiger partial charge in [-0.2, -0.15) is 14.5 Å². The van der Waals surface area contributed by atoms with Gasteiger partial charge >= 0.3 is 0 Å². The molecule has 0 spiro atoms. The van der Waals surface area contributed by atoms with Crippen molar-refractivity contribution in [2.75, 3.05) is 0 Å². The van der Waals surface area contributed by atoms with Gasteiger partial charge < -0.3 is 4.57 Å². The number of benzene rings is 2. The van der Waals surface area contributed by atoms with E-state index < -0.39 is 15.4 Å². The average Bonchev–Trinajstić information content (AvgIpc) is 4.14. The van der Waals surface area contributed by atoms with Crippen LogP contribution < -0.4 is 0 Å². The van der Waals surface area contributed by atoms with E-state index in [0.29, 0.717) is 37.4 Å². The molecule has 5 aromatic rings. The van der Waals surface area contributed by atoms with E-state index in [-0.39, 0.29) is 39.9 Å². The number of aryl methyl sites for hydroxylation is 1. The first-order chi connectivity index (χ1) is 30.2. The maximum atomic E-state index is 13.7. The summed E-state index contributed by atoms with van der Waals surface area (Å²) >= 11 is 0. The fourth-order valence-electron chi connectivity index (χ4n) is 11.1. The molecule has 3 aromatic heterocycles. The van der Waals surface area contributed by atoms with Gasteiger partial charge in [0.25, 0.3) is 10.0 Å². The van der Waals surface area contributed by atoms with Crippen LogP contribution in [0.25, 0.3) is 23.5 Å². The molecule has 0 amide bonds. The quantitative estimate of drug-likeness (QED) is 0.137. The van der Waals surface area contributed by atoms with Crippen LogP contribution in [0.4, 0.5) is 8.78 Å². The number of hydrogen-bond acceptors (Lipinski definition) is 7. The van der Waals surface area contributed by atoms with E-state index in [1.807, 2.05) is 17.0 Å². The molecule has 0 saturated heterocycles. The van der Waals surface area contributed by atoms with Gasteiger partial charge in [-0.15, -0.1) is 0 Å². The van der Waals surface area contributed by atoms with Crippen molar-refractivity contribution in [2.24, 2.45) is 29.7 Å².